The van der Waals surface area contributed by atoms with E-state index >= 15 is 0 Å². The number of nitro groups is 1. The number of hydrogen-bond donors (Lipinski definition) is 2. The molecule has 1 unspecified atom stereocenters. The van der Waals surface area contributed by atoms with Gasteiger partial charge in [0.05, 0.1) is 4.92 Å². The number of carboxylic acid groups (broad SMARTS) is 1. The van der Waals surface area contributed by atoms with Gasteiger partial charge >= 0.3 is 11.7 Å². The van der Waals surface area contributed by atoms with Gasteiger partial charge in [-0.25, -0.2) is 8.42 Å². The largest absolute Gasteiger partial charge is 0.480 e. The first kappa shape index (κ1) is 17.0. The van der Waals surface area contributed by atoms with E-state index in [-0.39, 0.29) is 6.42 Å². The predicted molar refractivity (Wildman–Crippen MR) is 69.7 cm³/mol. The third kappa shape index (κ3) is 3.34. The molecule has 0 heterocycles. The molecule has 116 valence electrons. The van der Waals surface area contributed by atoms with Crippen LogP contribution in [0, 0.1) is 15.9 Å². The summed E-state index contributed by atoms with van der Waals surface area (Å²) in [6.07, 6.45) is -0.106. The van der Waals surface area contributed by atoms with E-state index in [0.29, 0.717) is 0 Å². The van der Waals surface area contributed by atoms with E-state index in [4.69, 9.17) is 5.11 Å². The number of para-hydroxylation sites is 1. The minimum absolute atomic E-state index is 0.106. The minimum atomic E-state index is -4.59. The summed E-state index contributed by atoms with van der Waals surface area (Å²) in [5, 5.41) is 19.9. The fourth-order valence-electron chi connectivity index (χ4n) is 1.51. The molecular formula is C11H13FN2O6S. The molecule has 0 spiro atoms. The molecule has 0 aliphatic rings. The van der Waals surface area contributed by atoms with Crippen LogP contribution in [-0.4, -0.2) is 30.0 Å². The van der Waals surface area contributed by atoms with Crippen LogP contribution in [0.25, 0.3) is 0 Å². The number of carboxylic acids is 1. The van der Waals surface area contributed by atoms with Crippen LogP contribution in [0.5, 0.6) is 0 Å². The summed E-state index contributed by atoms with van der Waals surface area (Å²) >= 11 is 0. The van der Waals surface area contributed by atoms with Gasteiger partial charge in [0.2, 0.25) is 15.8 Å². The number of rotatable bonds is 6. The SMILES string of the molecule is CCC(C)(NS(=O)(=O)c1cccc(F)c1[N+](=O)[O-])C(=O)O. The van der Waals surface area contributed by atoms with E-state index in [2.05, 4.69) is 0 Å². The molecule has 0 radical (unpaired) electrons. The number of carbonyl (C=O) groups is 1. The molecule has 0 bridgehead atoms. The lowest BCUT2D eigenvalue weighted by molar-refractivity contribution is -0.390. The Balaban J connectivity index is 3.43. The molecule has 2 N–H and O–H groups in total. The number of nitro benzene ring substituents is 1. The maximum atomic E-state index is 13.5. The Labute approximate surface area is 119 Å². The molecule has 1 aromatic rings. The van der Waals surface area contributed by atoms with Crippen molar-refractivity contribution in [2.24, 2.45) is 0 Å². The summed E-state index contributed by atoms with van der Waals surface area (Å²) in [5.41, 5.74) is -3.09. The molecule has 1 rings (SSSR count). The first-order valence-corrected chi connectivity index (χ1v) is 7.23. The van der Waals surface area contributed by atoms with Gasteiger partial charge in [0, 0.05) is 0 Å². The van der Waals surface area contributed by atoms with Gasteiger partial charge in [0.25, 0.3) is 0 Å². The highest BCUT2D eigenvalue weighted by molar-refractivity contribution is 7.89. The summed E-state index contributed by atoms with van der Waals surface area (Å²) in [4.78, 5) is 19.8. The highest BCUT2D eigenvalue weighted by Gasteiger charge is 2.39. The normalized spacial score (nSPS) is 14.4. The van der Waals surface area contributed by atoms with Gasteiger partial charge in [-0.2, -0.15) is 9.11 Å². The van der Waals surface area contributed by atoms with E-state index in [1.54, 1.807) is 0 Å². The lowest BCUT2D eigenvalue weighted by Crippen LogP contribution is -2.51. The van der Waals surface area contributed by atoms with E-state index in [1.165, 1.54) is 6.92 Å². The molecule has 1 aromatic carbocycles. The van der Waals surface area contributed by atoms with E-state index < -0.39 is 42.9 Å². The summed E-state index contributed by atoms with van der Waals surface area (Å²) in [6, 6.07) is 2.57. The van der Waals surface area contributed by atoms with Crippen LogP contribution in [0.2, 0.25) is 0 Å². The highest BCUT2D eigenvalue weighted by atomic mass is 32.2. The zero-order valence-corrected chi connectivity index (χ0v) is 12.0. The first-order valence-electron chi connectivity index (χ1n) is 5.75. The van der Waals surface area contributed by atoms with Crippen LogP contribution >= 0.6 is 0 Å². The molecule has 21 heavy (non-hydrogen) atoms. The van der Waals surface area contributed by atoms with Gasteiger partial charge < -0.3 is 5.11 Å². The Morgan fingerprint density at radius 2 is 2.10 bits per heavy atom. The lowest BCUT2D eigenvalue weighted by Gasteiger charge is -2.24. The average Bonchev–Trinajstić information content (AvgIpc) is 2.37. The molecular weight excluding hydrogens is 307 g/mol. The summed E-state index contributed by atoms with van der Waals surface area (Å²) in [7, 11) is -4.59. The second kappa shape index (κ2) is 5.74. The standard InChI is InChI=1S/C11H13FN2O6S/c1-3-11(2,10(15)16)13-21(19,20)8-6-4-5-7(12)9(8)14(17)18/h4-6,13H,3H2,1-2H3,(H,15,16). The third-order valence-electron chi connectivity index (χ3n) is 2.96. The zero-order valence-electron chi connectivity index (χ0n) is 11.2. The van der Waals surface area contributed by atoms with Crippen molar-refractivity contribution < 1.29 is 27.6 Å². The number of nitrogens with zero attached hydrogens (tertiary/aromatic N) is 1. The minimum Gasteiger partial charge on any atom is -0.480 e. The average molecular weight is 320 g/mol. The fraction of sp³-hybridized carbons (Fsp3) is 0.364. The third-order valence-corrected chi connectivity index (χ3v) is 4.59. The van der Waals surface area contributed by atoms with Gasteiger partial charge in [-0.15, -0.1) is 0 Å². The van der Waals surface area contributed by atoms with Gasteiger partial charge in [-0.3, -0.25) is 14.9 Å². The van der Waals surface area contributed by atoms with Crippen LogP contribution in [0.4, 0.5) is 10.1 Å². The summed E-state index contributed by atoms with van der Waals surface area (Å²) in [5.74, 6) is -2.77. The number of hydrogen-bond acceptors (Lipinski definition) is 5. The number of nitrogens with one attached hydrogen (secondary N) is 1. The van der Waals surface area contributed by atoms with Crippen molar-refractivity contribution in [2.75, 3.05) is 0 Å². The number of aliphatic carboxylic acids is 1. The smallest absolute Gasteiger partial charge is 0.324 e. The van der Waals surface area contributed by atoms with Crippen LogP contribution < -0.4 is 4.72 Å². The van der Waals surface area contributed by atoms with Crippen molar-refractivity contribution >= 4 is 21.7 Å². The number of halogens is 1. The molecule has 0 amide bonds. The molecule has 0 aliphatic heterocycles. The Morgan fingerprint density at radius 3 is 2.52 bits per heavy atom. The quantitative estimate of drug-likeness (QED) is 0.600. The molecule has 8 nitrogen and oxygen atoms in total. The van der Waals surface area contributed by atoms with Gasteiger partial charge in [0.15, 0.2) is 4.90 Å². The van der Waals surface area contributed by atoms with E-state index in [1.807, 2.05) is 4.72 Å². The Hall–Kier alpha value is -2.07. The molecule has 0 fully saturated rings. The number of benzene rings is 1. The summed E-state index contributed by atoms with van der Waals surface area (Å²) < 4.78 is 39.6. The molecule has 0 saturated heterocycles. The van der Waals surface area contributed by atoms with Crippen molar-refractivity contribution in [1.29, 1.82) is 0 Å². The summed E-state index contributed by atoms with van der Waals surface area (Å²) in [6.45, 7) is 2.54. The second-order valence-electron chi connectivity index (χ2n) is 4.44. The Bertz CT molecular complexity index is 690. The predicted octanol–water partition coefficient (Wildman–Crippen LogP) is 1.27. The maximum absolute atomic E-state index is 13.5. The van der Waals surface area contributed by atoms with Crippen molar-refractivity contribution in [3.05, 3.63) is 34.1 Å². The zero-order chi connectivity index (χ0) is 16.4. The molecule has 0 saturated carbocycles. The molecule has 10 heteroatoms. The Kier molecular flexibility index (Phi) is 4.64. The maximum Gasteiger partial charge on any atom is 0.324 e. The fourth-order valence-corrected chi connectivity index (χ4v) is 3.13. The van der Waals surface area contributed by atoms with Crippen molar-refractivity contribution in [2.45, 2.75) is 30.7 Å². The van der Waals surface area contributed by atoms with Crippen LogP contribution in [-0.2, 0) is 14.8 Å². The highest BCUT2D eigenvalue weighted by Crippen LogP contribution is 2.27. The van der Waals surface area contributed by atoms with Gasteiger partial charge in [0.1, 0.15) is 5.54 Å². The second-order valence-corrected chi connectivity index (χ2v) is 6.09. The molecule has 1 atom stereocenters. The molecule has 0 aromatic heterocycles. The topological polar surface area (TPSA) is 127 Å². The van der Waals surface area contributed by atoms with Crippen molar-refractivity contribution in [3.8, 4) is 0 Å². The van der Waals surface area contributed by atoms with Crippen molar-refractivity contribution in [1.82, 2.24) is 4.72 Å². The lowest BCUT2D eigenvalue weighted by atomic mass is 10.0. The number of sulfonamides is 1. The van der Waals surface area contributed by atoms with Crippen LogP contribution in [0.15, 0.2) is 23.1 Å². The van der Waals surface area contributed by atoms with Gasteiger partial charge in [-0.05, 0) is 25.5 Å². The first-order chi connectivity index (χ1) is 9.55. The molecule has 0 aliphatic carbocycles. The van der Waals surface area contributed by atoms with Crippen molar-refractivity contribution in [3.63, 3.8) is 0 Å². The monoisotopic (exact) mass is 320 g/mol. The van der Waals surface area contributed by atoms with E-state index in [9.17, 15) is 27.7 Å². The van der Waals surface area contributed by atoms with E-state index in [0.717, 1.165) is 25.1 Å². The van der Waals surface area contributed by atoms with Gasteiger partial charge in [-0.1, -0.05) is 13.0 Å². The van der Waals surface area contributed by atoms with Crippen LogP contribution in [0.1, 0.15) is 20.3 Å². The van der Waals surface area contributed by atoms with Crippen LogP contribution in [0.3, 0.4) is 0 Å². The Morgan fingerprint density at radius 1 is 1.52 bits per heavy atom.